The molecule has 2 aromatic heterocycles. The molecule has 0 unspecified atom stereocenters. The second-order valence-corrected chi connectivity index (χ2v) is 4.35. The van der Waals surface area contributed by atoms with Crippen LogP contribution in [0.15, 0.2) is 18.3 Å². The molecule has 0 aromatic carbocycles. The van der Waals surface area contributed by atoms with E-state index in [1.165, 1.54) is 0 Å². The first-order valence-corrected chi connectivity index (χ1v) is 4.75. The maximum absolute atomic E-state index is 5.70. The van der Waals surface area contributed by atoms with Crippen LogP contribution in [0.4, 0.5) is 5.95 Å². The van der Waals surface area contributed by atoms with Crippen LogP contribution in [0.5, 0.6) is 5.75 Å². The van der Waals surface area contributed by atoms with Crippen molar-refractivity contribution in [2.45, 2.75) is 26.4 Å². The van der Waals surface area contributed by atoms with E-state index in [2.05, 4.69) is 10.1 Å². The molecule has 2 heterocycles. The summed E-state index contributed by atoms with van der Waals surface area (Å²) in [7, 11) is 0. The third-order valence-electron chi connectivity index (χ3n) is 1.75. The molecule has 0 aliphatic rings. The van der Waals surface area contributed by atoms with E-state index in [1.54, 1.807) is 10.7 Å². The van der Waals surface area contributed by atoms with Crippen molar-refractivity contribution in [2.24, 2.45) is 0 Å². The molecule has 0 aliphatic heterocycles. The predicted molar refractivity (Wildman–Crippen MR) is 57.8 cm³/mol. The molecular weight excluding hydrogens is 192 g/mol. The summed E-state index contributed by atoms with van der Waals surface area (Å²) < 4.78 is 7.31. The minimum absolute atomic E-state index is 0.218. The van der Waals surface area contributed by atoms with Gasteiger partial charge in [-0.1, -0.05) is 0 Å². The van der Waals surface area contributed by atoms with E-state index in [1.807, 2.05) is 32.9 Å². The number of nitrogens with zero attached hydrogens (tertiary/aromatic N) is 3. The first kappa shape index (κ1) is 9.76. The average molecular weight is 206 g/mol. The molecule has 2 aromatic rings. The molecule has 0 saturated carbocycles. The largest absolute Gasteiger partial charge is 0.488 e. The molecule has 15 heavy (non-hydrogen) atoms. The predicted octanol–water partition coefficient (Wildman–Crippen LogP) is 1.49. The zero-order valence-corrected chi connectivity index (χ0v) is 9.06. The quantitative estimate of drug-likeness (QED) is 0.767. The Hall–Kier alpha value is -1.78. The monoisotopic (exact) mass is 206 g/mol. The fraction of sp³-hybridized carbons (Fsp3) is 0.400. The first-order valence-electron chi connectivity index (χ1n) is 4.75. The van der Waals surface area contributed by atoms with E-state index in [-0.39, 0.29) is 11.5 Å². The lowest BCUT2D eigenvalue weighted by Gasteiger charge is -2.20. The Morgan fingerprint density at radius 2 is 2.13 bits per heavy atom. The second kappa shape index (κ2) is 3.12. The molecule has 2 N–H and O–H groups in total. The summed E-state index contributed by atoms with van der Waals surface area (Å²) >= 11 is 0. The lowest BCUT2D eigenvalue weighted by molar-refractivity contribution is 0.131. The van der Waals surface area contributed by atoms with Crippen LogP contribution in [-0.4, -0.2) is 20.2 Å². The fourth-order valence-electron chi connectivity index (χ4n) is 1.30. The molecule has 0 atom stereocenters. The van der Waals surface area contributed by atoms with E-state index in [0.29, 0.717) is 5.65 Å². The highest BCUT2D eigenvalue weighted by Gasteiger charge is 2.12. The average Bonchev–Trinajstić information content (AvgIpc) is 2.40. The van der Waals surface area contributed by atoms with Gasteiger partial charge in [-0.15, -0.1) is 5.10 Å². The van der Waals surface area contributed by atoms with Gasteiger partial charge < -0.3 is 10.5 Å². The molecule has 0 spiro atoms. The Balaban J connectivity index is 2.38. The smallest absolute Gasteiger partial charge is 0.240 e. The van der Waals surface area contributed by atoms with Crippen LogP contribution in [0.2, 0.25) is 0 Å². The van der Waals surface area contributed by atoms with Crippen LogP contribution in [0.3, 0.4) is 0 Å². The van der Waals surface area contributed by atoms with Gasteiger partial charge in [0.05, 0.1) is 0 Å². The number of fused-ring (bicyclic) bond motifs is 1. The second-order valence-electron chi connectivity index (χ2n) is 4.35. The number of anilines is 1. The number of ether oxygens (including phenoxy) is 1. The summed E-state index contributed by atoms with van der Waals surface area (Å²) in [6.45, 7) is 5.99. The molecule has 0 radical (unpaired) electrons. The zero-order chi connectivity index (χ0) is 11.1. The Morgan fingerprint density at radius 3 is 2.80 bits per heavy atom. The molecule has 0 aliphatic carbocycles. The highest BCUT2D eigenvalue weighted by atomic mass is 16.5. The van der Waals surface area contributed by atoms with E-state index in [4.69, 9.17) is 10.5 Å². The number of hydrogen-bond donors (Lipinski definition) is 1. The summed E-state index contributed by atoms with van der Waals surface area (Å²) in [4.78, 5) is 4.05. The summed E-state index contributed by atoms with van der Waals surface area (Å²) in [6.07, 6.45) is 1.78. The molecule has 0 bridgehead atoms. The van der Waals surface area contributed by atoms with E-state index < -0.39 is 0 Å². The molecular formula is C10H14N4O. The van der Waals surface area contributed by atoms with Crippen LogP contribution in [0, 0.1) is 0 Å². The van der Waals surface area contributed by atoms with Crippen molar-refractivity contribution < 1.29 is 4.74 Å². The number of aromatic nitrogens is 3. The van der Waals surface area contributed by atoms with Gasteiger partial charge in [-0.2, -0.15) is 4.98 Å². The van der Waals surface area contributed by atoms with Gasteiger partial charge in [0.2, 0.25) is 5.95 Å². The van der Waals surface area contributed by atoms with E-state index in [0.717, 1.165) is 5.75 Å². The highest BCUT2D eigenvalue weighted by Crippen LogP contribution is 2.19. The molecule has 0 fully saturated rings. The van der Waals surface area contributed by atoms with Gasteiger partial charge >= 0.3 is 0 Å². The summed E-state index contributed by atoms with van der Waals surface area (Å²) in [6, 6.07) is 3.65. The topological polar surface area (TPSA) is 65.4 Å². The minimum atomic E-state index is -0.218. The third kappa shape index (κ3) is 2.18. The fourth-order valence-corrected chi connectivity index (χ4v) is 1.30. The van der Waals surface area contributed by atoms with Gasteiger partial charge in [0.25, 0.3) is 0 Å². The van der Waals surface area contributed by atoms with Crippen molar-refractivity contribution >= 4 is 11.6 Å². The maximum Gasteiger partial charge on any atom is 0.240 e. The Morgan fingerprint density at radius 1 is 1.40 bits per heavy atom. The van der Waals surface area contributed by atoms with Gasteiger partial charge in [0, 0.05) is 12.3 Å². The van der Waals surface area contributed by atoms with Crippen LogP contribution in [0.1, 0.15) is 20.8 Å². The molecule has 80 valence electrons. The standard InChI is InChI=1S/C10H14N4O/c1-10(2,3)15-7-4-5-14-8(6-7)12-9(11)13-14/h4-6H,1-3H3,(H2,11,13). The summed E-state index contributed by atoms with van der Waals surface area (Å²) in [5.41, 5.74) is 5.95. The molecule has 5 heteroatoms. The lowest BCUT2D eigenvalue weighted by atomic mass is 10.2. The summed E-state index contributed by atoms with van der Waals surface area (Å²) in [5.74, 6) is 1.03. The van der Waals surface area contributed by atoms with Gasteiger partial charge in [0.1, 0.15) is 11.4 Å². The number of rotatable bonds is 1. The normalized spacial score (nSPS) is 11.9. The molecule has 0 amide bonds. The van der Waals surface area contributed by atoms with Crippen molar-refractivity contribution in [1.29, 1.82) is 0 Å². The number of nitrogens with two attached hydrogens (primary N) is 1. The van der Waals surface area contributed by atoms with Gasteiger partial charge in [0.15, 0.2) is 5.65 Å². The van der Waals surface area contributed by atoms with Crippen LogP contribution < -0.4 is 10.5 Å². The van der Waals surface area contributed by atoms with Gasteiger partial charge in [-0.05, 0) is 26.8 Å². The van der Waals surface area contributed by atoms with Crippen molar-refractivity contribution in [2.75, 3.05) is 5.73 Å². The Kier molecular flexibility index (Phi) is 2.03. The van der Waals surface area contributed by atoms with Gasteiger partial charge in [-0.25, -0.2) is 4.52 Å². The van der Waals surface area contributed by atoms with E-state index in [9.17, 15) is 0 Å². The molecule has 5 nitrogen and oxygen atoms in total. The highest BCUT2D eigenvalue weighted by molar-refractivity contribution is 5.46. The van der Waals surface area contributed by atoms with Gasteiger partial charge in [-0.3, -0.25) is 0 Å². The maximum atomic E-state index is 5.70. The van der Waals surface area contributed by atoms with Crippen LogP contribution in [-0.2, 0) is 0 Å². The first-order chi connectivity index (χ1) is 6.94. The Bertz CT molecular complexity index is 484. The number of pyridine rings is 1. The van der Waals surface area contributed by atoms with E-state index >= 15 is 0 Å². The number of hydrogen-bond acceptors (Lipinski definition) is 4. The SMILES string of the molecule is CC(C)(C)Oc1ccn2nc(N)nc2c1. The van der Waals surface area contributed by atoms with Crippen molar-refractivity contribution in [3.05, 3.63) is 18.3 Å². The summed E-state index contributed by atoms with van der Waals surface area (Å²) in [5, 5.41) is 3.98. The van der Waals surface area contributed by atoms with Crippen molar-refractivity contribution in [3.8, 4) is 5.75 Å². The van der Waals surface area contributed by atoms with Crippen LogP contribution >= 0.6 is 0 Å². The van der Waals surface area contributed by atoms with Crippen molar-refractivity contribution in [1.82, 2.24) is 14.6 Å². The third-order valence-corrected chi connectivity index (χ3v) is 1.75. The minimum Gasteiger partial charge on any atom is -0.488 e. The Labute approximate surface area is 87.9 Å². The van der Waals surface area contributed by atoms with Crippen molar-refractivity contribution in [3.63, 3.8) is 0 Å². The van der Waals surface area contributed by atoms with Crippen LogP contribution in [0.25, 0.3) is 5.65 Å². The zero-order valence-electron chi connectivity index (χ0n) is 9.06. The number of nitrogen functional groups attached to an aromatic ring is 1. The lowest BCUT2D eigenvalue weighted by Crippen LogP contribution is -2.22. The molecule has 2 rings (SSSR count). The molecule has 0 saturated heterocycles.